The Kier molecular flexibility index (Phi) is 5.48. The summed E-state index contributed by atoms with van der Waals surface area (Å²) in [5, 5.41) is 3.29. The first-order valence-corrected chi connectivity index (χ1v) is 8.72. The smallest absolute Gasteiger partial charge is 0.140 e. The van der Waals surface area contributed by atoms with Crippen LogP contribution in [0.2, 0.25) is 0 Å². The normalized spacial score (nSPS) is 26.9. The van der Waals surface area contributed by atoms with E-state index in [0.717, 1.165) is 18.5 Å². The summed E-state index contributed by atoms with van der Waals surface area (Å²) >= 11 is 3.34. The van der Waals surface area contributed by atoms with Gasteiger partial charge in [0.25, 0.3) is 0 Å². The third kappa shape index (κ3) is 3.87. The van der Waals surface area contributed by atoms with Gasteiger partial charge in [-0.1, -0.05) is 32.9 Å². The molecule has 0 aromatic heterocycles. The fraction of sp³-hybridized carbons (Fsp3) is 0.667. The van der Waals surface area contributed by atoms with Crippen molar-refractivity contribution in [2.24, 2.45) is 17.3 Å². The van der Waals surface area contributed by atoms with Crippen molar-refractivity contribution < 1.29 is 4.39 Å². The Morgan fingerprint density at radius 1 is 1.29 bits per heavy atom. The fourth-order valence-electron chi connectivity index (χ4n) is 3.71. The average molecular weight is 356 g/mol. The predicted octanol–water partition coefficient (Wildman–Crippen LogP) is 5.35. The minimum absolute atomic E-state index is 0.0711. The molecule has 1 aliphatic carbocycles. The van der Waals surface area contributed by atoms with Crippen LogP contribution in [-0.4, -0.2) is 13.6 Å². The Labute approximate surface area is 136 Å². The zero-order valence-electron chi connectivity index (χ0n) is 13.5. The van der Waals surface area contributed by atoms with Gasteiger partial charge in [-0.05, 0) is 83.6 Å². The second kappa shape index (κ2) is 6.78. The van der Waals surface area contributed by atoms with Gasteiger partial charge in [0.15, 0.2) is 0 Å². The first-order chi connectivity index (χ1) is 9.84. The third-order valence-corrected chi connectivity index (χ3v) is 5.68. The second-order valence-corrected chi connectivity index (χ2v) is 8.30. The van der Waals surface area contributed by atoms with Gasteiger partial charge in [0, 0.05) is 0 Å². The van der Waals surface area contributed by atoms with Crippen LogP contribution in [0.25, 0.3) is 0 Å². The van der Waals surface area contributed by atoms with E-state index in [1.54, 1.807) is 6.07 Å². The first-order valence-electron chi connectivity index (χ1n) is 7.93. The highest BCUT2D eigenvalue weighted by Crippen LogP contribution is 2.47. The Morgan fingerprint density at radius 3 is 2.62 bits per heavy atom. The molecule has 1 aliphatic rings. The monoisotopic (exact) mass is 355 g/mol. The molecule has 1 aromatic rings. The lowest BCUT2D eigenvalue weighted by Gasteiger charge is -2.42. The topological polar surface area (TPSA) is 12.0 Å². The summed E-state index contributed by atoms with van der Waals surface area (Å²) in [6.45, 7) is 7.90. The van der Waals surface area contributed by atoms with E-state index in [9.17, 15) is 4.39 Å². The van der Waals surface area contributed by atoms with Gasteiger partial charge in [-0.3, -0.25) is 0 Å². The zero-order valence-corrected chi connectivity index (χ0v) is 15.1. The maximum Gasteiger partial charge on any atom is 0.140 e. The quantitative estimate of drug-likeness (QED) is 0.769. The first kappa shape index (κ1) is 17.0. The average Bonchev–Trinajstić information content (AvgIpc) is 2.42. The summed E-state index contributed by atoms with van der Waals surface area (Å²) in [6.07, 6.45) is 3.52. The number of halogens is 2. The lowest BCUT2D eigenvalue weighted by atomic mass is 9.64. The molecule has 1 N–H and O–H groups in total. The van der Waals surface area contributed by atoms with Gasteiger partial charge in [0.05, 0.1) is 4.47 Å². The number of hydrogen-bond donors (Lipinski definition) is 1. The molecule has 1 fully saturated rings. The molecule has 0 heterocycles. The van der Waals surface area contributed by atoms with Crippen LogP contribution in [0.4, 0.5) is 4.39 Å². The van der Waals surface area contributed by atoms with Crippen molar-refractivity contribution in [1.29, 1.82) is 0 Å². The molecule has 0 amide bonds. The van der Waals surface area contributed by atoms with Crippen LogP contribution in [0.15, 0.2) is 22.7 Å². The van der Waals surface area contributed by atoms with Crippen molar-refractivity contribution >= 4 is 15.9 Å². The molecule has 0 bridgehead atoms. The van der Waals surface area contributed by atoms with Crippen LogP contribution in [0.1, 0.15) is 51.5 Å². The summed E-state index contributed by atoms with van der Waals surface area (Å²) in [5.74, 6) is 1.43. The molecular formula is C18H27BrFN. The van der Waals surface area contributed by atoms with Crippen LogP contribution in [0.5, 0.6) is 0 Å². The largest absolute Gasteiger partial charge is 0.319 e. The van der Waals surface area contributed by atoms with Crippen LogP contribution in [-0.2, 0) is 0 Å². The number of benzene rings is 1. The number of nitrogens with one attached hydrogen (secondary N) is 1. The molecule has 1 aromatic carbocycles. The molecule has 0 spiro atoms. The number of rotatable bonds is 3. The van der Waals surface area contributed by atoms with Crippen molar-refractivity contribution in [2.75, 3.05) is 13.6 Å². The minimum atomic E-state index is -0.0711. The van der Waals surface area contributed by atoms with Crippen molar-refractivity contribution in [1.82, 2.24) is 5.32 Å². The molecular weight excluding hydrogens is 329 g/mol. The van der Waals surface area contributed by atoms with Gasteiger partial charge < -0.3 is 5.32 Å². The van der Waals surface area contributed by atoms with Gasteiger partial charge in [-0.15, -0.1) is 0 Å². The van der Waals surface area contributed by atoms with Gasteiger partial charge in [0.2, 0.25) is 0 Å². The molecule has 0 radical (unpaired) electrons. The Morgan fingerprint density at radius 2 is 2.00 bits per heavy atom. The molecule has 3 heteroatoms. The Hall–Kier alpha value is -0.410. The fourth-order valence-corrected chi connectivity index (χ4v) is 4.10. The molecule has 1 saturated carbocycles. The maximum atomic E-state index is 14.6. The summed E-state index contributed by atoms with van der Waals surface area (Å²) in [6, 6.07) is 5.72. The Bertz CT molecular complexity index is 481. The Balaban J connectivity index is 2.31. The van der Waals surface area contributed by atoms with Gasteiger partial charge in [-0.25, -0.2) is 4.39 Å². The lowest BCUT2D eigenvalue weighted by molar-refractivity contribution is 0.129. The summed E-state index contributed by atoms with van der Waals surface area (Å²) in [5.41, 5.74) is 1.18. The van der Waals surface area contributed by atoms with E-state index in [4.69, 9.17) is 0 Å². The van der Waals surface area contributed by atoms with E-state index in [0.29, 0.717) is 27.6 Å². The van der Waals surface area contributed by atoms with Gasteiger partial charge >= 0.3 is 0 Å². The summed E-state index contributed by atoms with van der Waals surface area (Å²) in [7, 11) is 1.99. The van der Waals surface area contributed by atoms with Crippen LogP contribution in [0.3, 0.4) is 0 Å². The number of hydrogen-bond acceptors (Lipinski definition) is 1. The summed E-state index contributed by atoms with van der Waals surface area (Å²) < 4.78 is 15.1. The summed E-state index contributed by atoms with van der Waals surface area (Å²) in [4.78, 5) is 0. The minimum Gasteiger partial charge on any atom is -0.319 e. The van der Waals surface area contributed by atoms with E-state index in [2.05, 4.69) is 42.0 Å². The molecule has 118 valence electrons. The molecule has 3 unspecified atom stereocenters. The van der Waals surface area contributed by atoms with E-state index >= 15 is 0 Å². The van der Waals surface area contributed by atoms with E-state index in [1.165, 1.54) is 12.8 Å². The van der Waals surface area contributed by atoms with Crippen LogP contribution < -0.4 is 5.32 Å². The van der Waals surface area contributed by atoms with Crippen LogP contribution in [0, 0.1) is 23.1 Å². The SMILES string of the molecule is CNCC1CCC(C(C)(C)C)CC1c1cccc(Br)c1F. The van der Waals surface area contributed by atoms with Crippen molar-refractivity contribution in [3.8, 4) is 0 Å². The third-order valence-electron chi connectivity index (χ3n) is 5.07. The van der Waals surface area contributed by atoms with Crippen molar-refractivity contribution in [2.45, 2.75) is 46.0 Å². The zero-order chi connectivity index (χ0) is 15.6. The maximum absolute atomic E-state index is 14.6. The highest BCUT2D eigenvalue weighted by Gasteiger charge is 2.37. The van der Waals surface area contributed by atoms with Crippen molar-refractivity contribution in [3.05, 3.63) is 34.1 Å². The van der Waals surface area contributed by atoms with Crippen molar-refractivity contribution in [3.63, 3.8) is 0 Å². The van der Waals surface area contributed by atoms with E-state index < -0.39 is 0 Å². The molecule has 2 rings (SSSR count). The highest BCUT2D eigenvalue weighted by molar-refractivity contribution is 9.10. The molecule has 0 saturated heterocycles. The van der Waals surface area contributed by atoms with E-state index in [-0.39, 0.29) is 5.82 Å². The molecule has 3 atom stereocenters. The van der Waals surface area contributed by atoms with E-state index in [1.807, 2.05) is 19.2 Å². The highest BCUT2D eigenvalue weighted by atomic mass is 79.9. The molecule has 1 nitrogen and oxygen atoms in total. The van der Waals surface area contributed by atoms with Gasteiger partial charge in [-0.2, -0.15) is 0 Å². The molecule has 21 heavy (non-hydrogen) atoms. The lowest BCUT2D eigenvalue weighted by Crippen LogP contribution is -2.35. The van der Waals surface area contributed by atoms with Gasteiger partial charge in [0.1, 0.15) is 5.82 Å². The molecule has 0 aliphatic heterocycles. The standard InChI is InChI=1S/C18H27BrFN/c1-18(2,3)13-9-8-12(11-21-4)15(10-13)14-6-5-7-16(19)17(14)20/h5-7,12-13,15,21H,8-11H2,1-4H3. The predicted molar refractivity (Wildman–Crippen MR) is 91.1 cm³/mol. The second-order valence-electron chi connectivity index (χ2n) is 7.44. The van der Waals surface area contributed by atoms with Crippen LogP contribution >= 0.6 is 15.9 Å².